The average molecular weight is 326 g/mol. The van der Waals surface area contributed by atoms with Crippen molar-refractivity contribution in [2.45, 2.75) is 19.3 Å². The average Bonchev–Trinajstić information content (AvgIpc) is 2.30. The van der Waals surface area contributed by atoms with E-state index in [9.17, 15) is 9.59 Å². The lowest BCUT2D eigenvalue weighted by molar-refractivity contribution is -0.141. The van der Waals surface area contributed by atoms with E-state index in [1.165, 1.54) is 0 Å². The highest BCUT2D eigenvalue weighted by Crippen LogP contribution is 2.42. The Labute approximate surface area is 120 Å². The number of halogens is 1. The number of ether oxygens (including phenoxy) is 1. The molecule has 5 heteroatoms. The predicted molar refractivity (Wildman–Crippen MR) is 74.6 cm³/mol. The summed E-state index contributed by atoms with van der Waals surface area (Å²) >= 11 is 3.37. The third-order valence-corrected chi connectivity index (χ3v) is 3.99. The summed E-state index contributed by atoms with van der Waals surface area (Å²) in [5.41, 5.74) is 0.384. The Morgan fingerprint density at radius 2 is 2.00 bits per heavy atom. The van der Waals surface area contributed by atoms with E-state index in [-0.39, 0.29) is 24.2 Å². The SMILES string of the molecule is COCC1(C)CC(=O)NC(=O)C1c1ccc(Br)cc1. The van der Waals surface area contributed by atoms with Gasteiger partial charge in [0.25, 0.3) is 0 Å². The Bertz CT molecular complexity index is 500. The van der Waals surface area contributed by atoms with E-state index in [0.717, 1.165) is 10.0 Å². The van der Waals surface area contributed by atoms with E-state index < -0.39 is 5.41 Å². The molecule has 0 bridgehead atoms. The molecule has 1 aliphatic rings. The second-order valence-electron chi connectivity index (χ2n) is 5.16. The van der Waals surface area contributed by atoms with Gasteiger partial charge in [-0.25, -0.2) is 0 Å². The predicted octanol–water partition coefficient (Wildman–Crippen LogP) is 2.23. The molecule has 0 spiro atoms. The minimum absolute atomic E-state index is 0.238. The van der Waals surface area contributed by atoms with Gasteiger partial charge in [-0.2, -0.15) is 0 Å². The molecule has 19 heavy (non-hydrogen) atoms. The van der Waals surface area contributed by atoms with Crippen molar-refractivity contribution in [2.75, 3.05) is 13.7 Å². The number of piperidine rings is 1. The van der Waals surface area contributed by atoms with Crippen LogP contribution in [0.2, 0.25) is 0 Å². The number of imide groups is 1. The van der Waals surface area contributed by atoms with E-state index in [1.807, 2.05) is 31.2 Å². The van der Waals surface area contributed by atoms with Crippen molar-refractivity contribution in [2.24, 2.45) is 5.41 Å². The summed E-state index contributed by atoms with van der Waals surface area (Å²) in [6.45, 7) is 2.28. The van der Waals surface area contributed by atoms with Crippen LogP contribution in [0.5, 0.6) is 0 Å². The fourth-order valence-electron chi connectivity index (χ4n) is 2.71. The molecule has 0 radical (unpaired) electrons. The first-order valence-electron chi connectivity index (χ1n) is 6.04. The molecule has 2 amide bonds. The van der Waals surface area contributed by atoms with E-state index in [2.05, 4.69) is 21.2 Å². The van der Waals surface area contributed by atoms with Gasteiger partial charge in [-0.05, 0) is 17.7 Å². The van der Waals surface area contributed by atoms with Crippen LogP contribution >= 0.6 is 15.9 Å². The van der Waals surface area contributed by atoms with Gasteiger partial charge in [0.2, 0.25) is 11.8 Å². The molecule has 2 atom stereocenters. The zero-order valence-electron chi connectivity index (χ0n) is 10.9. The highest BCUT2D eigenvalue weighted by atomic mass is 79.9. The summed E-state index contributed by atoms with van der Waals surface area (Å²) in [5.74, 6) is -0.866. The largest absolute Gasteiger partial charge is 0.384 e. The van der Waals surface area contributed by atoms with Gasteiger partial charge in [-0.3, -0.25) is 14.9 Å². The maximum Gasteiger partial charge on any atom is 0.234 e. The van der Waals surface area contributed by atoms with Crippen LogP contribution in [0.3, 0.4) is 0 Å². The molecule has 1 fully saturated rings. The number of hydrogen-bond donors (Lipinski definition) is 1. The Balaban J connectivity index is 2.40. The van der Waals surface area contributed by atoms with Gasteiger partial charge in [0.05, 0.1) is 12.5 Å². The Kier molecular flexibility index (Phi) is 4.06. The standard InChI is InChI=1S/C14H16BrNO3/c1-14(8-19-2)7-11(17)16-13(18)12(14)9-3-5-10(15)6-4-9/h3-6,12H,7-8H2,1-2H3,(H,16,17,18). The zero-order chi connectivity index (χ0) is 14.0. The number of benzene rings is 1. The summed E-state index contributed by atoms with van der Waals surface area (Å²) in [5, 5.41) is 2.41. The van der Waals surface area contributed by atoms with Gasteiger partial charge in [0, 0.05) is 23.4 Å². The van der Waals surface area contributed by atoms with Gasteiger partial charge in [-0.15, -0.1) is 0 Å². The summed E-state index contributed by atoms with van der Waals surface area (Å²) in [7, 11) is 1.58. The maximum absolute atomic E-state index is 12.2. The lowest BCUT2D eigenvalue weighted by atomic mass is 9.69. The Hall–Kier alpha value is -1.20. The zero-order valence-corrected chi connectivity index (χ0v) is 12.5. The highest BCUT2D eigenvalue weighted by molar-refractivity contribution is 9.10. The smallest absolute Gasteiger partial charge is 0.234 e. The van der Waals surface area contributed by atoms with Crippen LogP contribution in [0.4, 0.5) is 0 Å². The molecular weight excluding hydrogens is 310 g/mol. The van der Waals surface area contributed by atoms with Crippen LogP contribution in [-0.4, -0.2) is 25.5 Å². The molecule has 0 saturated carbocycles. The van der Waals surface area contributed by atoms with Crippen LogP contribution in [0.15, 0.2) is 28.7 Å². The van der Waals surface area contributed by atoms with E-state index >= 15 is 0 Å². The topological polar surface area (TPSA) is 55.4 Å². The molecule has 2 unspecified atom stereocenters. The summed E-state index contributed by atoms with van der Waals surface area (Å²) < 4.78 is 6.17. The third-order valence-electron chi connectivity index (χ3n) is 3.46. The number of carbonyl (C=O) groups is 2. The molecule has 0 aliphatic carbocycles. The number of amides is 2. The van der Waals surface area contributed by atoms with Crippen molar-refractivity contribution in [3.8, 4) is 0 Å². The van der Waals surface area contributed by atoms with Crippen LogP contribution in [0.25, 0.3) is 0 Å². The summed E-state index contributed by atoms with van der Waals surface area (Å²) in [6.07, 6.45) is 0.285. The first-order valence-corrected chi connectivity index (χ1v) is 6.84. The fraction of sp³-hybridized carbons (Fsp3) is 0.429. The molecule has 1 aromatic rings. The van der Waals surface area contributed by atoms with Crippen LogP contribution < -0.4 is 5.32 Å². The van der Waals surface area contributed by atoms with Gasteiger partial charge in [0.15, 0.2) is 0 Å². The maximum atomic E-state index is 12.2. The Morgan fingerprint density at radius 3 is 2.58 bits per heavy atom. The monoisotopic (exact) mass is 325 g/mol. The van der Waals surface area contributed by atoms with E-state index in [0.29, 0.717) is 6.61 Å². The van der Waals surface area contributed by atoms with E-state index in [1.54, 1.807) is 7.11 Å². The van der Waals surface area contributed by atoms with E-state index in [4.69, 9.17) is 4.74 Å². The number of carbonyl (C=O) groups excluding carboxylic acids is 2. The second kappa shape index (κ2) is 5.43. The third kappa shape index (κ3) is 2.87. The van der Waals surface area contributed by atoms with Crippen molar-refractivity contribution >= 4 is 27.7 Å². The van der Waals surface area contributed by atoms with Crippen molar-refractivity contribution < 1.29 is 14.3 Å². The Morgan fingerprint density at radius 1 is 1.37 bits per heavy atom. The van der Waals surface area contributed by atoms with Crippen molar-refractivity contribution in [3.05, 3.63) is 34.3 Å². The molecule has 4 nitrogen and oxygen atoms in total. The first kappa shape index (κ1) is 14.2. The number of methoxy groups -OCH3 is 1. The molecular formula is C14H16BrNO3. The van der Waals surface area contributed by atoms with Crippen LogP contribution in [-0.2, 0) is 14.3 Å². The van der Waals surface area contributed by atoms with Crippen LogP contribution in [0, 0.1) is 5.41 Å². The quantitative estimate of drug-likeness (QED) is 0.867. The number of nitrogens with one attached hydrogen (secondary N) is 1. The van der Waals surface area contributed by atoms with Gasteiger partial charge >= 0.3 is 0 Å². The number of hydrogen-bond acceptors (Lipinski definition) is 3. The summed E-state index contributed by atoms with van der Waals surface area (Å²) in [6, 6.07) is 7.59. The molecule has 1 heterocycles. The molecule has 1 saturated heterocycles. The van der Waals surface area contributed by atoms with Gasteiger partial charge in [-0.1, -0.05) is 35.0 Å². The molecule has 1 aliphatic heterocycles. The minimum atomic E-state index is -0.512. The van der Waals surface area contributed by atoms with Crippen LogP contribution in [0.1, 0.15) is 24.8 Å². The molecule has 1 aromatic carbocycles. The second-order valence-corrected chi connectivity index (χ2v) is 6.08. The van der Waals surface area contributed by atoms with Crippen molar-refractivity contribution in [1.82, 2.24) is 5.32 Å². The summed E-state index contributed by atoms with van der Waals surface area (Å²) in [4.78, 5) is 23.8. The normalized spacial score (nSPS) is 27.2. The molecule has 102 valence electrons. The number of rotatable bonds is 3. The minimum Gasteiger partial charge on any atom is -0.384 e. The van der Waals surface area contributed by atoms with Crippen molar-refractivity contribution in [1.29, 1.82) is 0 Å². The lowest BCUT2D eigenvalue weighted by Gasteiger charge is -2.39. The first-order chi connectivity index (χ1) is 8.96. The van der Waals surface area contributed by atoms with Crippen molar-refractivity contribution in [3.63, 3.8) is 0 Å². The van der Waals surface area contributed by atoms with Gasteiger partial charge < -0.3 is 4.74 Å². The molecule has 2 rings (SSSR count). The lowest BCUT2D eigenvalue weighted by Crippen LogP contribution is -2.51. The van der Waals surface area contributed by atoms with Gasteiger partial charge in [0.1, 0.15) is 0 Å². The molecule has 0 aromatic heterocycles. The fourth-order valence-corrected chi connectivity index (χ4v) is 2.98. The highest BCUT2D eigenvalue weighted by Gasteiger charge is 2.46. The molecule has 1 N–H and O–H groups in total.